The van der Waals surface area contributed by atoms with Gasteiger partial charge in [-0.15, -0.1) is 0 Å². The SMILES string of the molecule is N#CCCN(Cc1cccnc1)C(=O)c1cc(-c2ccco2)nn1-c1ccc(Cl)cc1. The van der Waals surface area contributed by atoms with Crippen LogP contribution in [0.3, 0.4) is 0 Å². The summed E-state index contributed by atoms with van der Waals surface area (Å²) >= 11 is 6.03. The van der Waals surface area contributed by atoms with Gasteiger partial charge in [-0.2, -0.15) is 10.4 Å². The summed E-state index contributed by atoms with van der Waals surface area (Å²) in [6.07, 6.45) is 5.15. The van der Waals surface area contributed by atoms with Crippen LogP contribution in [-0.4, -0.2) is 32.1 Å². The maximum atomic E-state index is 13.6. The molecular formula is C23H18ClN5O2. The first-order valence-electron chi connectivity index (χ1n) is 9.61. The van der Waals surface area contributed by atoms with Crippen LogP contribution in [0.25, 0.3) is 17.1 Å². The van der Waals surface area contributed by atoms with Gasteiger partial charge in [0, 0.05) is 36.6 Å². The molecule has 0 fully saturated rings. The highest BCUT2D eigenvalue weighted by Gasteiger charge is 2.24. The highest BCUT2D eigenvalue weighted by molar-refractivity contribution is 6.30. The third kappa shape index (κ3) is 4.65. The molecule has 4 rings (SSSR count). The maximum Gasteiger partial charge on any atom is 0.272 e. The number of furan rings is 1. The maximum absolute atomic E-state index is 13.6. The molecule has 3 heterocycles. The summed E-state index contributed by atoms with van der Waals surface area (Å²) in [6.45, 7) is 0.613. The standard InChI is InChI=1S/C23H18ClN5O2/c24-18-6-8-19(9-7-18)29-21(14-20(27-29)22-5-2-13-31-22)23(30)28(12-3-10-25)16-17-4-1-11-26-15-17/h1-2,4-9,11,13-15H,3,12,16H2. The fraction of sp³-hybridized carbons (Fsp3) is 0.130. The molecule has 0 aliphatic rings. The third-order valence-corrected chi connectivity index (χ3v) is 4.90. The number of hydrogen-bond acceptors (Lipinski definition) is 5. The fourth-order valence-corrected chi connectivity index (χ4v) is 3.29. The van der Waals surface area contributed by atoms with E-state index < -0.39 is 0 Å². The Kier molecular flexibility index (Phi) is 6.11. The molecule has 0 bridgehead atoms. The molecule has 1 amide bonds. The summed E-state index contributed by atoms with van der Waals surface area (Å²) in [7, 11) is 0. The molecule has 7 nitrogen and oxygen atoms in total. The molecule has 154 valence electrons. The van der Waals surface area contributed by atoms with Crippen molar-refractivity contribution in [1.29, 1.82) is 5.26 Å². The van der Waals surface area contributed by atoms with Gasteiger partial charge >= 0.3 is 0 Å². The number of pyridine rings is 1. The predicted molar refractivity (Wildman–Crippen MR) is 115 cm³/mol. The summed E-state index contributed by atoms with van der Waals surface area (Å²) in [6, 6.07) is 18.1. The van der Waals surface area contributed by atoms with Gasteiger partial charge in [-0.25, -0.2) is 4.68 Å². The zero-order valence-electron chi connectivity index (χ0n) is 16.5. The lowest BCUT2D eigenvalue weighted by atomic mass is 10.2. The average Bonchev–Trinajstić information content (AvgIpc) is 3.47. The Labute approximate surface area is 184 Å². The van der Waals surface area contributed by atoms with E-state index in [4.69, 9.17) is 21.3 Å². The Bertz CT molecular complexity index is 1200. The van der Waals surface area contributed by atoms with Crippen molar-refractivity contribution in [2.75, 3.05) is 6.54 Å². The molecule has 31 heavy (non-hydrogen) atoms. The van der Waals surface area contributed by atoms with E-state index in [-0.39, 0.29) is 18.9 Å². The molecule has 0 spiro atoms. The second-order valence-electron chi connectivity index (χ2n) is 6.78. The number of carbonyl (C=O) groups excluding carboxylic acids is 1. The average molecular weight is 432 g/mol. The number of nitrogens with zero attached hydrogens (tertiary/aromatic N) is 5. The van der Waals surface area contributed by atoms with Gasteiger partial charge in [-0.3, -0.25) is 9.78 Å². The van der Waals surface area contributed by atoms with Crippen LogP contribution in [0.15, 0.2) is 77.7 Å². The number of rotatable bonds is 7. The zero-order valence-corrected chi connectivity index (χ0v) is 17.2. The molecule has 1 aromatic carbocycles. The predicted octanol–water partition coefficient (Wildman–Crippen LogP) is 4.74. The molecule has 4 aromatic rings. The van der Waals surface area contributed by atoms with Gasteiger partial charge in [0.2, 0.25) is 0 Å². The third-order valence-electron chi connectivity index (χ3n) is 4.65. The molecular weight excluding hydrogens is 414 g/mol. The highest BCUT2D eigenvalue weighted by atomic mass is 35.5. The summed E-state index contributed by atoms with van der Waals surface area (Å²) < 4.78 is 7.04. The zero-order chi connectivity index (χ0) is 21.6. The van der Waals surface area contributed by atoms with Crippen molar-refractivity contribution < 1.29 is 9.21 Å². The van der Waals surface area contributed by atoms with Gasteiger partial charge in [0.25, 0.3) is 5.91 Å². The monoisotopic (exact) mass is 431 g/mol. The first-order valence-corrected chi connectivity index (χ1v) is 9.98. The molecule has 8 heteroatoms. The minimum absolute atomic E-state index is 0.214. The van der Waals surface area contributed by atoms with Gasteiger partial charge in [-0.1, -0.05) is 17.7 Å². The minimum atomic E-state index is -0.251. The second kappa shape index (κ2) is 9.28. The normalized spacial score (nSPS) is 10.6. The number of amides is 1. The topological polar surface area (TPSA) is 87.9 Å². The van der Waals surface area contributed by atoms with Crippen LogP contribution in [-0.2, 0) is 6.54 Å². The molecule has 0 saturated heterocycles. The Balaban J connectivity index is 1.75. The molecule has 0 aliphatic carbocycles. The molecule has 0 radical (unpaired) electrons. The van der Waals surface area contributed by atoms with E-state index >= 15 is 0 Å². The molecule has 0 aliphatic heterocycles. The number of halogens is 1. The van der Waals surface area contributed by atoms with Crippen molar-refractivity contribution in [3.05, 3.63) is 89.5 Å². The largest absolute Gasteiger partial charge is 0.463 e. The Morgan fingerprint density at radius 1 is 1.19 bits per heavy atom. The summed E-state index contributed by atoms with van der Waals surface area (Å²) in [5.74, 6) is 0.303. The molecule has 0 saturated carbocycles. The smallest absolute Gasteiger partial charge is 0.272 e. The molecule has 0 N–H and O–H groups in total. The van der Waals surface area contributed by atoms with Gasteiger partial charge in [0.15, 0.2) is 5.76 Å². The van der Waals surface area contributed by atoms with E-state index in [0.29, 0.717) is 34.4 Å². The lowest BCUT2D eigenvalue weighted by Gasteiger charge is -2.22. The molecule has 0 atom stereocenters. The van der Waals surface area contributed by atoms with Crippen LogP contribution in [0.1, 0.15) is 22.5 Å². The number of nitriles is 1. The van der Waals surface area contributed by atoms with Crippen LogP contribution in [0, 0.1) is 11.3 Å². The van der Waals surface area contributed by atoms with Crippen molar-refractivity contribution in [3.8, 4) is 23.2 Å². The van der Waals surface area contributed by atoms with Gasteiger partial charge in [0.05, 0.1) is 24.4 Å². The number of carbonyl (C=O) groups is 1. The van der Waals surface area contributed by atoms with E-state index in [2.05, 4.69) is 16.2 Å². The first kappa shape index (κ1) is 20.4. The van der Waals surface area contributed by atoms with Crippen molar-refractivity contribution >= 4 is 17.5 Å². The molecule has 0 unspecified atom stereocenters. The van der Waals surface area contributed by atoms with Crippen molar-refractivity contribution in [2.45, 2.75) is 13.0 Å². The number of aromatic nitrogens is 3. The Morgan fingerprint density at radius 3 is 2.71 bits per heavy atom. The van der Waals surface area contributed by atoms with Crippen LogP contribution in [0.5, 0.6) is 0 Å². The Hall–Kier alpha value is -3.89. The quantitative estimate of drug-likeness (QED) is 0.421. The van der Waals surface area contributed by atoms with Crippen molar-refractivity contribution in [1.82, 2.24) is 19.7 Å². The van der Waals surface area contributed by atoms with E-state index in [0.717, 1.165) is 5.56 Å². The van der Waals surface area contributed by atoms with E-state index in [1.165, 1.54) is 0 Å². The summed E-state index contributed by atoms with van der Waals surface area (Å²) in [4.78, 5) is 19.3. The van der Waals surface area contributed by atoms with Crippen LogP contribution in [0.4, 0.5) is 0 Å². The highest BCUT2D eigenvalue weighted by Crippen LogP contribution is 2.24. The van der Waals surface area contributed by atoms with E-state index in [1.54, 1.807) is 70.7 Å². The fourth-order valence-electron chi connectivity index (χ4n) is 3.17. The number of benzene rings is 1. The minimum Gasteiger partial charge on any atom is -0.463 e. The van der Waals surface area contributed by atoms with Gasteiger partial charge in [0.1, 0.15) is 11.4 Å². The van der Waals surface area contributed by atoms with Gasteiger partial charge in [-0.05, 0) is 48.0 Å². The lowest BCUT2D eigenvalue weighted by Crippen LogP contribution is -2.33. The second-order valence-corrected chi connectivity index (χ2v) is 7.21. The summed E-state index contributed by atoms with van der Waals surface area (Å²) in [5.41, 5.74) is 2.45. The van der Waals surface area contributed by atoms with Crippen molar-refractivity contribution in [3.63, 3.8) is 0 Å². The lowest BCUT2D eigenvalue weighted by molar-refractivity contribution is 0.0737. The molecule has 3 aromatic heterocycles. The van der Waals surface area contributed by atoms with Crippen LogP contribution >= 0.6 is 11.6 Å². The first-order chi connectivity index (χ1) is 15.2. The van der Waals surface area contributed by atoms with E-state index in [9.17, 15) is 4.79 Å². The Morgan fingerprint density at radius 2 is 2.03 bits per heavy atom. The van der Waals surface area contributed by atoms with Gasteiger partial charge < -0.3 is 9.32 Å². The van der Waals surface area contributed by atoms with Crippen molar-refractivity contribution in [2.24, 2.45) is 0 Å². The van der Waals surface area contributed by atoms with Crippen LogP contribution < -0.4 is 0 Å². The van der Waals surface area contributed by atoms with Crippen LogP contribution in [0.2, 0.25) is 5.02 Å². The van der Waals surface area contributed by atoms with E-state index in [1.807, 2.05) is 12.1 Å². The number of hydrogen-bond donors (Lipinski definition) is 0. The summed E-state index contributed by atoms with van der Waals surface area (Å²) in [5, 5.41) is 14.3.